The zero-order valence-electron chi connectivity index (χ0n) is 9.06. The summed E-state index contributed by atoms with van der Waals surface area (Å²) < 4.78 is 0. The van der Waals surface area contributed by atoms with Gasteiger partial charge < -0.3 is 5.11 Å². The number of carboxylic acids is 1. The Morgan fingerprint density at radius 2 is 2.07 bits per heavy atom. The van der Waals surface area contributed by atoms with Gasteiger partial charge in [-0.3, -0.25) is 14.8 Å². The van der Waals surface area contributed by atoms with Crippen molar-refractivity contribution in [2.75, 3.05) is 0 Å². The van der Waals surface area contributed by atoms with E-state index in [0.29, 0.717) is 0 Å². The first-order chi connectivity index (χ1) is 6.94. The summed E-state index contributed by atoms with van der Waals surface area (Å²) >= 11 is 0. The van der Waals surface area contributed by atoms with E-state index in [1.54, 1.807) is 12.4 Å². The van der Waals surface area contributed by atoms with Crippen LogP contribution in [0.4, 0.5) is 0 Å². The summed E-state index contributed by atoms with van der Waals surface area (Å²) in [5.74, 6) is -1.06. The van der Waals surface area contributed by atoms with Gasteiger partial charge >= 0.3 is 5.97 Å². The molecule has 2 atom stereocenters. The topological polar surface area (TPSA) is 63.1 Å². The predicted octanol–water partition coefficient (Wildman–Crippen LogP) is 1.61. The highest BCUT2D eigenvalue weighted by atomic mass is 16.4. The third-order valence-electron chi connectivity index (χ3n) is 3.21. The van der Waals surface area contributed by atoms with Crippen molar-refractivity contribution in [1.82, 2.24) is 9.97 Å². The second kappa shape index (κ2) is 3.02. The largest absolute Gasteiger partial charge is 0.481 e. The van der Waals surface area contributed by atoms with E-state index < -0.39 is 5.97 Å². The van der Waals surface area contributed by atoms with Gasteiger partial charge in [-0.25, -0.2) is 0 Å². The lowest BCUT2D eigenvalue weighted by molar-refractivity contribution is -0.139. The Morgan fingerprint density at radius 3 is 2.47 bits per heavy atom. The first-order valence-electron chi connectivity index (χ1n) is 4.96. The number of aromatic nitrogens is 2. The summed E-state index contributed by atoms with van der Waals surface area (Å²) in [6.45, 7) is 5.78. The molecule has 1 aliphatic rings. The Kier molecular flexibility index (Phi) is 2.03. The molecular formula is C11H14N2O2. The van der Waals surface area contributed by atoms with Crippen LogP contribution in [-0.4, -0.2) is 21.0 Å². The Morgan fingerprint density at radius 1 is 1.40 bits per heavy atom. The molecule has 0 aromatic carbocycles. The highest BCUT2D eigenvalue weighted by molar-refractivity contribution is 5.77. The molecule has 1 heterocycles. The number of nitrogens with zero attached hydrogens (tertiary/aromatic N) is 2. The number of carboxylic acid groups (broad SMARTS) is 1. The van der Waals surface area contributed by atoms with Crippen LogP contribution in [0, 0.1) is 18.3 Å². The van der Waals surface area contributed by atoms with Crippen molar-refractivity contribution in [3.63, 3.8) is 0 Å². The summed E-state index contributed by atoms with van der Waals surface area (Å²) in [6, 6.07) is 0. The molecule has 0 aliphatic heterocycles. The van der Waals surface area contributed by atoms with Crippen LogP contribution in [0.15, 0.2) is 12.4 Å². The van der Waals surface area contributed by atoms with Crippen molar-refractivity contribution in [1.29, 1.82) is 0 Å². The van der Waals surface area contributed by atoms with E-state index in [1.807, 2.05) is 20.8 Å². The van der Waals surface area contributed by atoms with Crippen molar-refractivity contribution < 1.29 is 9.90 Å². The molecule has 4 heteroatoms. The molecule has 4 nitrogen and oxygen atoms in total. The zero-order valence-corrected chi connectivity index (χ0v) is 9.06. The molecule has 0 spiro atoms. The van der Waals surface area contributed by atoms with E-state index in [-0.39, 0.29) is 17.3 Å². The third-order valence-corrected chi connectivity index (χ3v) is 3.21. The molecule has 2 unspecified atom stereocenters. The molecule has 1 aromatic rings. The third kappa shape index (κ3) is 1.50. The standard InChI is InChI=1S/C11H14N2O2/c1-6-4-13-7(5-12-6)8-9(10(14)15)11(8,2)3/h4-5,8-9H,1-3H3,(H,14,15). The summed E-state index contributed by atoms with van der Waals surface area (Å²) in [5.41, 5.74) is 1.44. The fourth-order valence-corrected chi connectivity index (χ4v) is 2.21. The molecule has 0 amide bonds. The highest BCUT2D eigenvalue weighted by Crippen LogP contribution is 2.63. The van der Waals surface area contributed by atoms with Crippen LogP contribution in [0.3, 0.4) is 0 Å². The number of aryl methyl sites for hydroxylation is 1. The van der Waals surface area contributed by atoms with Crippen LogP contribution in [-0.2, 0) is 4.79 Å². The Hall–Kier alpha value is -1.45. The van der Waals surface area contributed by atoms with Crippen LogP contribution in [0.5, 0.6) is 0 Å². The second-order valence-corrected chi connectivity index (χ2v) is 4.70. The molecule has 0 radical (unpaired) electrons. The van der Waals surface area contributed by atoms with Crippen LogP contribution in [0.2, 0.25) is 0 Å². The molecule has 1 fully saturated rings. The van der Waals surface area contributed by atoms with Crippen LogP contribution >= 0.6 is 0 Å². The minimum atomic E-state index is -0.743. The normalized spacial score (nSPS) is 27.4. The van der Waals surface area contributed by atoms with Crippen molar-refractivity contribution in [3.05, 3.63) is 23.8 Å². The highest BCUT2D eigenvalue weighted by Gasteiger charge is 2.63. The smallest absolute Gasteiger partial charge is 0.307 e. The SMILES string of the molecule is Cc1cnc(C2C(C(=O)O)C2(C)C)cn1. The van der Waals surface area contributed by atoms with Crippen molar-refractivity contribution in [2.45, 2.75) is 26.7 Å². The second-order valence-electron chi connectivity index (χ2n) is 4.70. The number of hydrogen-bond acceptors (Lipinski definition) is 3. The minimum Gasteiger partial charge on any atom is -0.481 e. The fraction of sp³-hybridized carbons (Fsp3) is 0.545. The number of rotatable bonds is 2. The van der Waals surface area contributed by atoms with Crippen molar-refractivity contribution in [2.24, 2.45) is 11.3 Å². The van der Waals surface area contributed by atoms with Gasteiger partial charge in [-0.05, 0) is 12.3 Å². The number of carbonyl (C=O) groups is 1. The van der Waals surface area contributed by atoms with E-state index in [9.17, 15) is 4.79 Å². The molecule has 0 saturated heterocycles. The summed E-state index contributed by atoms with van der Waals surface area (Å²) in [7, 11) is 0. The quantitative estimate of drug-likeness (QED) is 0.798. The summed E-state index contributed by atoms with van der Waals surface area (Å²) in [5, 5.41) is 9.03. The molecule has 15 heavy (non-hydrogen) atoms. The maximum absolute atomic E-state index is 11.0. The Balaban J connectivity index is 2.27. The lowest BCUT2D eigenvalue weighted by Gasteiger charge is -2.01. The van der Waals surface area contributed by atoms with E-state index in [2.05, 4.69) is 9.97 Å². The lowest BCUT2D eigenvalue weighted by atomic mass is 10.1. The van der Waals surface area contributed by atoms with Crippen molar-refractivity contribution >= 4 is 5.97 Å². The van der Waals surface area contributed by atoms with E-state index in [0.717, 1.165) is 11.4 Å². The van der Waals surface area contributed by atoms with Crippen LogP contribution in [0.25, 0.3) is 0 Å². The summed E-state index contributed by atoms with van der Waals surface area (Å²) in [6.07, 6.45) is 3.37. The molecule has 1 aliphatic carbocycles. The molecule has 80 valence electrons. The molecular weight excluding hydrogens is 192 g/mol. The average Bonchev–Trinajstić information content (AvgIpc) is 2.70. The van der Waals surface area contributed by atoms with Gasteiger partial charge in [-0.2, -0.15) is 0 Å². The van der Waals surface area contributed by atoms with Gasteiger partial charge in [-0.15, -0.1) is 0 Å². The molecule has 1 N–H and O–H groups in total. The van der Waals surface area contributed by atoms with Gasteiger partial charge in [0.05, 0.1) is 17.3 Å². The molecule has 0 bridgehead atoms. The zero-order chi connectivity index (χ0) is 11.2. The maximum atomic E-state index is 11.0. The van der Waals surface area contributed by atoms with Crippen LogP contribution < -0.4 is 0 Å². The van der Waals surface area contributed by atoms with E-state index in [1.165, 1.54) is 0 Å². The van der Waals surface area contributed by atoms with Gasteiger partial charge in [0.25, 0.3) is 0 Å². The van der Waals surface area contributed by atoms with Gasteiger partial charge in [0.2, 0.25) is 0 Å². The monoisotopic (exact) mass is 206 g/mol. The predicted molar refractivity (Wildman–Crippen MR) is 54.4 cm³/mol. The van der Waals surface area contributed by atoms with E-state index in [4.69, 9.17) is 5.11 Å². The minimum absolute atomic E-state index is 0.00287. The van der Waals surface area contributed by atoms with Gasteiger partial charge in [0.1, 0.15) is 0 Å². The first kappa shape index (κ1) is 10.1. The molecule has 2 rings (SSSR count). The number of hydrogen-bond donors (Lipinski definition) is 1. The van der Waals surface area contributed by atoms with Gasteiger partial charge in [0.15, 0.2) is 0 Å². The summed E-state index contributed by atoms with van der Waals surface area (Å²) in [4.78, 5) is 19.4. The molecule has 1 saturated carbocycles. The molecule has 1 aromatic heterocycles. The first-order valence-corrected chi connectivity index (χ1v) is 4.96. The van der Waals surface area contributed by atoms with Gasteiger partial charge in [0, 0.05) is 18.3 Å². The maximum Gasteiger partial charge on any atom is 0.307 e. The van der Waals surface area contributed by atoms with Crippen molar-refractivity contribution in [3.8, 4) is 0 Å². The Bertz CT molecular complexity index is 398. The van der Waals surface area contributed by atoms with Gasteiger partial charge in [-0.1, -0.05) is 13.8 Å². The lowest BCUT2D eigenvalue weighted by Crippen LogP contribution is -2.03. The van der Waals surface area contributed by atoms with E-state index >= 15 is 0 Å². The Labute approximate surface area is 88.4 Å². The average molecular weight is 206 g/mol. The fourth-order valence-electron chi connectivity index (χ4n) is 2.21. The van der Waals surface area contributed by atoms with Crippen LogP contribution in [0.1, 0.15) is 31.2 Å². The number of aliphatic carboxylic acids is 1.